The first-order valence-electron chi connectivity index (χ1n) is 4.58. The van der Waals surface area contributed by atoms with Crippen LogP contribution in [0.5, 0.6) is 0 Å². The van der Waals surface area contributed by atoms with E-state index in [0.717, 1.165) is 35.8 Å². The maximum Gasteiger partial charge on any atom is 0.101 e. The molecule has 0 bridgehead atoms. The summed E-state index contributed by atoms with van der Waals surface area (Å²) in [4.78, 5) is 6.31. The number of hydrogen-bond donors (Lipinski definition) is 0. The molecule has 1 aliphatic rings. The highest BCUT2D eigenvalue weighted by Gasteiger charge is 2.14. The van der Waals surface area contributed by atoms with Gasteiger partial charge in [-0.3, -0.25) is 4.98 Å². The lowest BCUT2D eigenvalue weighted by molar-refractivity contribution is 0.853. The average Bonchev–Trinajstić information content (AvgIpc) is 2.30. The Morgan fingerprint density at radius 3 is 2.93 bits per heavy atom. The molecule has 0 atom stereocenters. The third-order valence-electron chi connectivity index (χ3n) is 2.27. The topological polar surface area (TPSA) is 39.9 Å². The van der Waals surface area contributed by atoms with Gasteiger partial charge in [0.2, 0.25) is 0 Å². The molecule has 1 aromatic heterocycles. The van der Waals surface area contributed by atoms with Crippen LogP contribution in [-0.4, -0.2) is 29.6 Å². The highest BCUT2D eigenvalue weighted by atomic mass is 32.2. The summed E-state index contributed by atoms with van der Waals surface area (Å²) in [6, 6.07) is 3.98. The van der Waals surface area contributed by atoms with E-state index >= 15 is 0 Å². The lowest BCUT2D eigenvalue weighted by Gasteiger charge is -2.28. The van der Waals surface area contributed by atoms with Crippen LogP contribution in [0.4, 0.5) is 5.69 Å². The van der Waals surface area contributed by atoms with Gasteiger partial charge < -0.3 is 4.90 Å². The van der Waals surface area contributed by atoms with Gasteiger partial charge in [-0.15, -0.1) is 0 Å². The Hall–Kier alpha value is -1.21. The molecule has 0 N–H and O–H groups in total. The third kappa shape index (κ3) is 1.83. The minimum Gasteiger partial charge on any atom is -0.368 e. The molecule has 2 heterocycles. The van der Waals surface area contributed by atoms with E-state index in [9.17, 15) is 0 Å². The van der Waals surface area contributed by atoms with Crippen molar-refractivity contribution in [3.63, 3.8) is 0 Å². The molecular formula is C10H11N3S. The summed E-state index contributed by atoms with van der Waals surface area (Å²) in [6.45, 7) is 2.04. The molecule has 1 aromatic rings. The highest BCUT2D eigenvalue weighted by Crippen LogP contribution is 2.21. The summed E-state index contributed by atoms with van der Waals surface area (Å²) in [5.41, 5.74) is 1.71. The molecule has 1 saturated heterocycles. The molecule has 72 valence electrons. The first-order chi connectivity index (χ1) is 6.92. The SMILES string of the molecule is N#Cc1ccncc1N1CCSCC1. The van der Waals surface area contributed by atoms with E-state index in [1.165, 1.54) is 0 Å². The monoisotopic (exact) mass is 205 g/mol. The van der Waals surface area contributed by atoms with Gasteiger partial charge in [-0.05, 0) is 6.07 Å². The molecule has 14 heavy (non-hydrogen) atoms. The zero-order valence-corrected chi connectivity index (χ0v) is 8.63. The van der Waals surface area contributed by atoms with Gasteiger partial charge in [-0.25, -0.2) is 0 Å². The van der Waals surface area contributed by atoms with Crippen molar-refractivity contribution in [2.45, 2.75) is 0 Å². The van der Waals surface area contributed by atoms with E-state index in [0.29, 0.717) is 0 Å². The van der Waals surface area contributed by atoms with Crippen molar-refractivity contribution in [1.29, 1.82) is 5.26 Å². The molecule has 0 aromatic carbocycles. The number of nitriles is 1. The van der Waals surface area contributed by atoms with Crippen molar-refractivity contribution >= 4 is 17.4 Å². The summed E-state index contributed by atoms with van der Waals surface area (Å²) in [7, 11) is 0. The predicted octanol–water partition coefficient (Wildman–Crippen LogP) is 1.51. The standard InChI is InChI=1S/C10H11N3S/c11-7-9-1-2-12-8-10(9)13-3-5-14-6-4-13/h1-2,8H,3-6H2. The normalized spacial score (nSPS) is 16.4. The van der Waals surface area contributed by atoms with Crippen LogP contribution < -0.4 is 4.90 Å². The zero-order chi connectivity index (χ0) is 9.80. The number of hydrogen-bond acceptors (Lipinski definition) is 4. The molecule has 3 nitrogen and oxygen atoms in total. The second-order valence-electron chi connectivity index (χ2n) is 3.10. The summed E-state index contributed by atoms with van der Waals surface area (Å²) in [5.74, 6) is 2.28. The zero-order valence-electron chi connectivity index (χ0n) is 7.81. The van der Waals surface area contributed by atoms with E-state index in [1.807, 2.05) is 11.8 Å². The summed E-state index contributed by atoms with van der Waals surface area (Å²) in [6.07, 6.45) is 3.45. The number of nitrogens with zero attached hydrogens (tertiary/aromatic N) is 3. The molecule has 2 rings (SSSR count). The molecule has 0 radical (unpaired) electrons. The lowest BCUT2D eigenvalue weighted by atomic mass is 10.2. The van der Waals surface area contributed by atoms with Crippen molar-refractivity contribution < 1.29 is 0 Å². The number of pyridine rings is 1. The average molecular weight is 205 g/mol. The van der Waals surface area contributed by atoms with E-state index in [2.05, 4.69) is 16.0 Å². The van der Waals surface area contributed by atoms with Crippen LogP contribution in [0.15, 0.2) is 18.5 Å². The fraction of sp³-hybridized carbons (Fsp3) is 0.400. The van der Waals surface area contributed by atoms with E-state index in [-0.39, 0.29) is 0 Å². The van der Waals surface area contributed by atoms with Crippen LogP contribution in [0.3, 0.4) is 0 Å². The molecular weight excluding hydrogens is 194 g/mol. The van der Waals surface area contributed by atoms with Gasteiger partial charge in [0.15, 0.2) is 0 Å². The second-order valence-corrected chi connectivity index (χ2v) is 4.33. The van der Waals surface area contributed by atoms with E-state index in [4.69, 9.17) is 5.26 Å². The number of thioether (sulfide) groups is 1. The van der Waals surface area contributed by atoms with Crippen molar-refractivity contribution in [2.24, 2.45) is 0 Å². The first-order valence-corrected chi connectivity index (χ1v) is 5.74. The van der Waals surface area contributed by atoms with Crippen molar-refractivity contribution in [1.82, 2.24) is 4.98 Å². The number of aromatic nitrogens is 1. The lowest BCUT2D eigenvalue weighted by Crippen LogP contribution is -2.33. The van der Waals surface area contributed by atoms with Gasteiger partial charge in [0.25, 0.3) is 0 Å². The fourth-order valence-electron chi connectivity index (χ4n) is 1.54. The summed E-state index contributed by atoms with van der Waals surface area (Å²) >= 11 is 1.96. The molecule has 0 aliphatic carbocycles. The summed E-state index contributed by atoms with van der Waals surface area (Å²) in [5, 5.41) is 8.94. The van der Waals surface area contributed by atoms with Crippen LogP contribution in [0.25, 0.3) is 0 Å². The Morgan fingerprint density at radius 2 is 2.21 bits per heavy atom. The van der Waals surface area contributed by atoms with Gasteiger partial charge in [-0.1, -0.05) is 0 Å². The molecule has 0 spiro atoms. The fourth-order valence-corrected chi connectivity index (χ4v) is 2.44. The molecule has 0 saturated carbocycles. The van der Waals surface area contributed by atoms with Crippen LogP contribution in [0, 0.1) is 11.3 Å². The van der Waals surface area contributed by atoms with Crippen LogP contribution in [-0.2, 0) is 0 Å². The van der Waals surface area contributed by atoms with Gasteiger partial charge in [-0.2, -0.15) is 17.0 Å². The Morgan fingerprint density at radius 1 is 1.43 bits per heavy atom. The van der Waals surface area contributed by atoms with Gasteiger partial charge in [0, 0.05) is 30.8 Å². The van der Waals surface area contributed by atoms with Crippen molar-refractivity contribution in [2.75, 3.05) is 29.5 Å². The van der Waals surface area contributed by atoms with E-state index < -0.39 is 0 Å². The van der Waals surface area contributed by atoms with Gasteiger partial charge >= 0.3 is 0 Å². The van der Waals surface area contributed by atoms with Crippen molar-refractivity contribution in [3.8, 4) is 6.07 Å². The highest BCUT2D eigenvalue weighted by molar-refractivity contribution is 7.99. The molecule has 1 aliphatic heterocycles. The van der Waals surface area contributed by atoms with Crippen molar-refractivity contribution in [3.05, 3.63) is 24.0 Å². The number of rotatable bonds is 1. The largest absolute Gasteiger partial charge is 0.368 e. The Balaban J connectivity index is 2.26. The molecule has 0 unspecified atom stereocenters. The van der Waals surface area contributed by atoms with Crippen LogP contribution in [0.1, 0.15) is 5.56 Å². The maximum atomic E-state index is 8.94. The Bertz CT molecular complexity index is 353. The van der Waals surface area contributed by atoms with Gasteiger partial charge in [0.1, 0.15) is 6.07 Å². The van der Waals surface area contributed by atoms with Crippen LogP contribution >= 0.6 is 11.8 Å². The first kappa shape index (κ1) is 9.35. The molecule has 1 fully saturated rings. The predicted molar refractivity (Wildman–Crippen MR) is 58.5 cm³/mol. The molecule has 0 amide bonds. The minimum absolute atomic E-state index is 0.729. The van der Waals surface area contributed by atoms with Crippen LogP contribution in [0.2, 0.25) is 0 Å². The number of anilines is 1. The molecule has 4 heteroatoms. The third-order valence-corrected chi connectivity index (χ3v) is 3.21. The smallest absolute Gasteiger partial charge is 0.101 e. The minimum atomic E-state index is 0.729. The Labute approximate surface area is 87.7 Å². The summed E-state index contributed by atoms with van der Waals surface area (Å²) < 4.78 is 0. The Kier molecular flexibility index (Phi) is 2.90. The van der Waals surface area contributed by atoms with Gasteiger partial charge in [0.05, 0.1) is 17.4 Å². The maximum absolute atomic E-state index is 8.94. The second kappa shape index (κ2) is 4.34. The van der Waals surface area contributed by atoms with E-state index in [1.54, 1.807) is 18.5 Å². The quantitative estimate of drug-likeness (QED) is 0.696.